The highest BCUT2D eigenvalue weighted by atomic mass is 16.4. The fourth-order valence-corrected chi connectivity index (χ4v) is 3.01. The topological polar surface area (TPSA) is 40.5 Å². The zero-order valence-electron chi connectivity index (χ0n) is 11.3. The van der Waals surface area contributed by atoms with E-state index in [0.717, 1.165) is 13.0 Å². The van der Waals surface area contributed by atoms with Gasteiger partial charge in [0.25, 0.3) is 0 Å². The van der Waals surface area contributed by atoms with E-state index in [1.54, 1.807) is 6.92 Å². The Morgan fingerprint density at radius 2 is 2.11 bits per heavy atom. The van der Waals surface area contributed by atoms with Crippen LogP contribution in [-0.2, 0) is 4.79 Å². The molecule has 1 fully saturated rings. The largest absolute Gasteiger partial charge is 0.480 e. The summed E-state index contributed by atoms with van der Waals surface area (Å²) in [6, 6.07) is 8.35. The van der Waals surface area contributed by atoms with Crippen LogP contribution in [0.2, 0.25) is 0 Å². The third-order valence-corrected chi connectivity index (χ3v) is 4.11. The van der Waals surface area contributed by atoms with Crippen molar-refractivity contribution in [1.29, 1.82) is 0 Å². The molecule has 0 spiro atoms. The van der Waals surface area contributed by atoms with Gasteiger partial charge in [-0.15, -0.1) is 0 Å². The number of aliphatic carboxylic acids is 1. The smallest absolute Gasteiger partial charge is 0.320 e. The predicted octanol–water partition coefficient (Wildman–Crippen LogP) is 2.65. The summed E-state index contributed by atoms with van der Waals surface area (Å²) in [4.78, 5) is 13.2. The molecule has 0 saturated carbocycles. The first-order valence-corrected chi connectivity index (χ1v) is 6.54. The van der Waals surface area contributed by atoms with E-state index in [4.69, 9.17) is 5.11 Å². The summed E-state index contributed by atoms with van der Waals surface area (Å²) in [7, 11) is 0. The lowest BCUT2D eigenvalue weighted by Crippen LogP contribution is -2.41. The highest BCUT2D eigenvalue weighted by Crippen LogP contribution is 2.34. The minimum Gasteiger partial charge on any atom is -0.480 e. The number of carbonyl (C=O) groups is 1. The molecule has 0 aliphatic carbocycles. The van der Waals surface area contributed by atoms with Crippen LogP contribution in [0.5, 0.6) is 0 Å². The molecule has 1 aromatic rings. The van der Waals surface area contributed by atoms with Crippen LogP contribution in [0.25, 0.3) is 0 Å². The lowest BCUT2D eigenvalue weighted by Gasteiger charge is -2.25. The van der Waals surface area contributed by atoms with Crippen molar-refractivity contribution in [3.05, 3.63) is 35.4 Å². The zero-order valence-corrected chi connectivity index (χ0v) is 11.3. The number of hydrogen-bond donors (Lipinski definition) is 1. The van der Waals surface area contributed by atoms with Crippen LogP contribution in [0, 0.1) is 6.92 Å². The fraction of sp³-hybridized carbons (Fsp3) is 0.533. The van der Waals surface area contributed by atoms with Crippen LogP contribution in [0.1, 0.15) is 37.3 Å². The number of aryl methyl sites for hydroxylation is 1. The highest BCUT2D eigenvalue weighted by molar-refractivity contribution is 5.73. The van der Waals surface area contributed by atoms with Gasteiger partial charge in [0.2, 0.25) is 0 Å². The predicted molar refractivity (Wildman–Crippen MR) is 71.8 cm³/mol. The Kier molecular flexibility index (Phi) is 3.71. The summed E-state index contributed by atoms with van der Waals surface area (Å²) in [5.74, 6) is -0.268. The first-order chi connectivity index (χ1) is 8.50. The summed E-state index contributed by atoms with van der Waals surface area (Å²) in [5.41, 5.74) is 2.67. The van der Waals surface area contributed by atoms with Gasteiger partial charge in [0.15, 0.2) is 0 Å². The number of likely N-dealkylation sites (tertiary alicyclic amines) is 1. The molecule has 1 aliphatic heterocycles. The lowest BCUT2D eigenvalue weighted by atomic mass is 9.93. The van der Waals surface area contributed by atoms with Crippen LogP contribution in [0.4, 0.5) is 0 Å². The van der Waals surface area contributed by atoms with E-state index < -0.39 is 12.0 Å². The van der Waals surface area contributed by atoms with Crippen LogP contribution < -0.4 is 0 Å². The van der Waals surface area contributed by atoms with Crippen molar-refractivity contribution >= 4 is 5.97 Å². The van der Waals surface area contributed by atoms with Gasteiger partial charge in [0, 0.05) is 12.6 Å². The van der Waals surface area contributed by atoms with Crippen LogP contribution in [-0.4, -0.2) is 34.6 Å². The maximum atomic E-state index is 11.1. The third kappa shape index (κ3) is 2.41. The quantitative estimate of drug-likeness (QED) is 0.892. The molecular formula is C15H21NO2. The van der Waals surface area contributed by atoms with E-state index in [1.165, 1.54) is 11.1 Å². The Balaban J connectivity index is 2.16. The molecule has 1 N–H and O–H groups in total. The van der Waals surface area contributed by atoms with Gasteiger partial charge in [-0.3, -0.25) is 9.69 Å². The molecule has 3 unspecified atom stereocenters. The zero-order chi connectivity index (χ0) is 13.3. The summed E-state index contributed by atoms with van der Waals surface area (Å²) in [6.45, 7) is 6.87. The molecule has 18 heavy (non-hydrogen) atoms. The molecule has 1 aliphatic rings. The van der Waals surface area contributed by atoms with E-state index in [1.807, 2.05) is 0 Å². The van der Waals surface area contributed by atoms with Gasteiger partial charge in [-0.05, 0) is 44.2 Å². The number of benzene rings is 1. The molecule has 0 aromatic heterocycles. The van der Waals surface area contributed by atoms with Crippen LogP contribution >= 0.6 is 0 Å². The summed E-state index contributed by atoms with van der Waals surface area (Å²) < 4.78 is 0. The van der Waals surface area contributed by atoms with Crippen molar-refractivity contribution < 1.29 is 9.90 Å². The second-order valence-corrected chi connectivity index (χ2v) is 5.35. The summed E-state index contributed by atoms with van der Waals surface area (Å²) >= 11 is 0. The fourth-order valence-electron chi connectivity index (χ4n) is 3.01. The van der Waals surface area contributed by atoms with Gasteiger partial charge >= 0.3 is 5.97 Å². The van der Waals surface area contributed by atoms with Crippen molar-refractivity contribution in [2.45, 2.75) is 45.2 Å². The normalized spacial score (nSPS) is 26.2. The minimum absolute atomic E-state index is 0.334. The maximum Gasteiger partial charge on any atom is 0.320 e. The Labute approximate surface area is 108 Å². The van der Waals surface area contributed by atoms with E-state index in [2.05, 4.69) is 43.0 Å². The van der Waals surface area contributed by atoms with Gasteiger partial charge in [0.1, 0.15) is 6.04 Å². The van der Waals surface area contributed by atoms with Gasteiger partial charge in [-0.25, -0.2) is 0 Å². The van der Waals surface area contributed by atoms with E-state index >= 15 is 0 Å². The molecule has 98 valence electrons. The number of hydrogen-bond acceptors (Lipinski definition) is 2. The van der Waals surface area contributed by atoms with Gasteiger partial charge in [0.05, 0.1) is 0 Å². The molecule has 3 atom stereocenters. The second-order valence-electron chi connectivity index (χ2n) is 5.35. The number of nitrogens with zero attached hydrogens (tertiary/aromatic N) is 1. The van der Waals surface area contributed by atoms with Crippen LogP contribution in [0.15, 0.2) is 24.3 Å². The Morgan fingerprint density at radius 3 is 2.72 bits per heavy atom. The Bertz CT molecular complexity index is 444. The summed E-state index contributed by atoms with van der Waals surface area (Å²) in [6.07, 6.45) is 1.04. The van der Waals surface area contributed by atoms with Crippen LogP contribution in [0.3, 0.4) is 0 Å². The average Bonchev–Trinajstić information content (AvgIpc) is 2.70. The third-order valence-electron chi connectivity index (χ3n) is 4.11. The van der Waals surface area contributed by atoms with E-state index in [-0.39, 0.29) is 0 Å². The molecule has 1 saturated heterocycles. The van der Waals surface area contributed by atoms with Crippen molar-refractivity contribution in [2.24, 2.45) is 0 Å². The Morgan fingerprint density at radius 1 is 1.44 bits per heavy atom. The minimum atomic E-state index is -0.729. The molecule has 3 heteroatoms. The molecule has 1 aromatic carbocycles. The maximum absolute atomic E-state index is 11.1. The molecule has 2 rings (SSSR count). The first-order valence-electron chi connectivity index (χ1n) is 6.54. The second kappa shape index (κ2) is 5.11. The standard InChI is InChI=1S/C15H21NO2/c1-10-6-4-5-7-14(10)13-8-11(2)16(9-13)12(3)15(17)18/h4-7,11-13H,8-9H2,1-3H3,(H,17,18). The molecule has 0 bridgehead atoms. The number of rotatable bonds is 3. The van der Waals surface area contributed by atoms with E-state index in [9.17, 15) is 4.79 Å². The average molecular weight is 247 g/mol. The van der Waals surface area contributed by atoms with E-state index in [0.29, 0.717) is 12.0 Å². The molecule has 3 nitrogen and oxygen atoms in total. The highest BCUT2D eigenvalue weighted by Gasteiger charge is 2.35. The first kappa shape index (κ1) is 13.1. The van der Waals surface area contributed by atoms with Gasteiger partial charge < -0.3 is 5.11 Å². The molecule has 0 radical (unpaired) electrons. The SMILES string of the molecule is Cc1ccccc1C1CC(C)N(C(C)C(=O)O)C1. The summed E-state index contributed by atoms with van der Waals surface area (Å²) in [5, 5.41) is 9.13. The molecular weight excluding hydrogens is 226 g/mol. The van der Waals surface area contributed by atoms with Crippen molar-refractivity contribution in [3.63, 3.8) is 0 Å². The number of carboxylic acids is 1. The van der Waals surface area contributed by atoms with Gasteiger partial charge in [-0.2, -0.15) is 0 Å². The molecule has 1 heterocycles. The van der Waals surface area contributed by atoms with Crippen molar-refractivity contribution in [1.82, 2.24) is 4.90 Å². The van der Waals surface area contributed by atoms with Crippen molar-refractivity contribution in [3.8, 4) is 0 Å². The molecule has 0 amide bonds. The van der Waals surface area contributed by atoms with Crippen molar-refractivity contribution in [2.75, 3.05) is 6.54 Å². The van der Waals surface area contributed by atoms with Gasteiger partial charge in [-0.1, -0.05) is 24.3 Å². The number of carboxylic acid groups (broad SMARTS) is 1. The Hall–Kier alpha value is -1.35. The lowest BCUT2D eigenvalue weighted by molar-refractivity contribution is -0.142. The monoisotopic (exact) mass is 247 g/mol.